The zero-order valence-electron chi connectivity index (χ0n) is 16.1. The average molecular weight is 398 g/mol. The van der Waals surface area contributed by atoms with E-state index in [1.165, 1.54) is 11.3 Å². The zero-order valence-corrected chi connectivity index (χ0v) is 16.9. The summed E-state index contributed by atoms with van der Waals surface area (Å²) in [6.45, 7) is 1.26. The molecular weight excluding hydrogens is 376 g/mol. The molecule has 1 aliphatic rings. The smallest absolute Gasteiger partial charge is 0.274 e. The van der Waals surface area contributed by atoms with Crippen LogP contribution in [-0.4, -0.2) is 68.5 Å². The van der Waals surface area contributed by atoms with E-state index in [9.17, 15) is 9.59 Å². The number of thiophene rings is 1. The molecule has 3 aromatic rings. The number of nitrogens with zero attached hydrogens (tertiary/aromatic N) is 6. The van der Waals surface area contributed by atoms with Crippen molar-refractivity contribution >= 4 is 33.5 Å². The molecule has 4 rings (SSSR count). The Labute approximate surface area is 166 Å². The summed E-state index contributed by atoms with van der Waals surface area (Å²) in [5, 5.41) is 4.21. The lowest BCUT2D eigenvalue weighted by molar-refractivity contribution is 0.0704. The number of likely N-dealkylation sites (tertiary alicyclic amines) is 1. The molecular formula is C19H22N6O2S. The van der Waals surface area contributed by atoms with Crippen LogP contribution >= 0.6 is 11.3 Å². The molecule has 0 unspecified atom stereocenters. The summed E-state index contributed by atoms with van der Waals surface area (Å²) in [6.07, 6.45) is 6.67. The van der Waals surface area contributed by atoms with Gasteiger partial charge in [-0.2, -0.15) is 5.10 Å². The van der Waals surface area contributed by atoms with Crippen LogP contribution in [0.1, 0.15) is 44.5 Å². The first-order chi connectivity index (χ1) is 13.5. The van der Waals surface area contributed by atoms with Crippen LogP contribution in [0.3, 0.4) is 0 Å². The van der Waals surface area contributed by atoms with Gasteiger partial charge >= 0.3 is 0 Å². The van der Waals surface area contributed by atoms with Crippen molar-refractivity contribution in [1.29, 1.82) is 0 Å². The van der Waals surface area contributed by atoms with Crippen molar-refractivity contribution in [1.82, 2.24) is 29.5 Å². The van der Waals surface area contributed by atoms with Gasteiger partial charge in [-0.25, -0.2) is 4.98 Å². The maximum absolute atomic E-state index is 12.7. The highest BCUT2D eigenvalue weighted by Crippen LogP contribution is 2.39. The third kappa shape index (κ3) is 3.26. The summed E-state index contributed by atoms with van der Waals surface area (Å²) in [5.74, 6) is 0.113. The second kappa shape index (κ2) is 7.31. The van der Waals surface area contributed by atoms with Crippen molar-refractivity contribution in [2.75, 3.05) is 27.2 Å². The number of hydrogen-bond acceptors (Lipinski definition) is 6. The maximum atomic E-state index is 12.7. The van der Waals surface area contributed by atoms with E-state index in [4.69, 9.17) is 0 Å². The minimum atomic E-state index is -0.0430. The molecule has 28 heavy (non-hydrogen) atoms. The minimum Gasteiger partial charge on any atom is -0.344 e. The number of piperidine rings is 1. The van der Waals surface area contributed by atoms with Gasteiger partial charge in [0.1, 0.15) is 16.0 Å². The second-order valence-electron chi connectivity index (χ2n) is 7.20. The number of rotatable bonds is 3. The average Bonchev–Trinajstić information content (AvgIpc) is 3.30. The van der Waals surface area contributed by atoms with E-state index in [-0.39, 0.29) is 17.7 Å². The first-order valence-electron chi connectivity index (χ1n) is 9.19. The molecule has 1 saturated heterocycles. The Morgan fingerprint density at radius 1 is 1.18 bits per heavy atom. The van der Waals surface area contributed by atoms with Crippen LogP contribution in [0.15, 0.2) is 24.7 Å². The minimum absolute atomic E-state index is 0.0215. The molecule has 0 aliphatic carbocycles. The first-order valence-corrected chi connectivity index (χ1v) is 10.0. The number of aryl methyl sites for hydroxylation is 1. The van der Waals surface area contributed by atoms with E-state index in [0.717, 1.165) is 28.8 Å². The molecule has 1 aliphatic heterocycles. The number of hydrogen-bond donors (Lipinski definition) is 0. The van der Waals surface area contributed by atoms with E-state index in [2.05, 4.69) is 15.1 Å². The molecule has 1 fully saturated rings. The van der Waals surface area contributed by atoms with Crippen LogP contribution in [0.2, 0.25) is 0 Å². The largest absolute Gasteiger partial charge is 0.344 e. The van der Waals surface area contributed by atoms with Crippen LogP contribution in [-0.2, 0) is 7.05 Å². The lowest BCUT2D eigenvalue weighted by Gasteiger charge is -2.32. The van der Waals surface area contributed by atoms with Gasteiger partial charge in [-0.05, 0) is 24.8 Å². The van der Waals surface area contributed by atoms with Gasteiger partial charge in [-0.15, -0.1) is 11.3 Å². The molecule has 0 saturated carbocycles. The highest BCUT2D eigenvalue weighted by molar-refractivity contribution is 7.20. The lowest BCUT2D eigenvalue weighted by Crippen LogP contribution is -2.38. The molecule has 0 N–H and O–H groups in total. The van der Waals surface area contributed by atoms with Crippen molar-refractivity contribution in [3.05, 3.63) is 40.8 Å². The number of carbonyl (C=O) groups is 2. The fourth-order valence-corrected chi connectivity index (χ4v) is 4.86. The maximum Gasteiger partial charge on any atom is 0.274 e. The SMILES string of the molecule is CN(C)C(=O)c1sc2nccnc2c1C1CCN(C(=O)c2ccn(C)n2)CC1. The van der Waals surface area contributed by atoms with Gasteiger partial charge < -0.3 is 9.80 Å². The molecule has 0 radical (unpaired) electrons. The van der Waals surface area contributed by atoms with Crippen LogP contribution in [0.4, 0.5) is 0 Å². The van der Waals surface area contributed by atoms with Gasteiger partial charge in [0, 0.05) is 58.4 Å². The molecule has 3 aromatic heterocycles. The molecule has 0 aromatic carbocycles. The van der Waals surface area contributed by atoms with E-state index >= 15 is 0 Å². The molecule has 146 valence electrons. The van der Waals surface area contributed by atoms with Crippen molar-refractivity contribution in [3.63, 3.8) is 0 Å². The fourth-order valence-electron chi connectivity index (χ4n) is 3.65. The zero-order chi connectivity index (χ0) is 19.8. The van der Waals surface area contributed by atoms with Crippen LogP contribution in [0, 0.1) is 0 Å². The Balaban J connectivity index is 1.59. The van der Waals surface area contributed by atoms with Gasteiger partial charge in [0.2, 0.25) is 0 Å². The summed E-state index contributed by atoms with van der Waals surface area (Å²) in [5.41, 5.74) is 2.26. The third-order valence-corrected chi connectivity index (χ3v) is 6.18. The molecule has 0 atom stereocenters. The van der Waals surface area contributed by atoms with Gasteiger partial charge in [0.05, 0.1) is 4.88 Å². The molecule has 2 amide bonds. The second-order valence-corrected chi connectivity index (χ2v) is 8.19. The van der Waals surface area contributed by atoms with Crippen LogP contribution in [0.25, 0.3) is 10.3 Å². The predicted octanol–water partition coefficient (Wildman–Crippen LogP) is 2.15. The van der Waals surface area contributed by atoms with Gasteiger partial charge in [0.15, 0.2) is 0 Å². The fraction of sp³-hybridized carbons (Fsp3) is 0.421. The number of amides is 2. The highest BCUT2D eigenvalue weighted by atomic mass is 32.1. The molecule has 8 nitrogen and oxygen atoms in total. The summed E-state index contributed by atoms with van der Waals surface area (Å²) in [6, 6.07) is 1.74. The summed E-state index contributed by atoms with van der Waals surface area (Å²) >= 11 is 1.40. The topological polar surface area (TPSA) is 84.2 Å². The Hall–Kier alpha value is -2.81. The van der Waals surface area contributed by atoms with Crippen LogP contribution < -0.4 is 0 Å². The van der Waals surface area contributed by atoms with Crippen molar-refractivity contribution in [2.24, 2.45) is 7.05 Å². The van der Waals surface area contributed by atoms with E-state index in [1.807, 2.05) is 4.90 Å². The van der Waals surface area contributed by atoms with Crippen LogP contribution in [0.5, 0.6) is 0 Å². The van der Waals surface area contributed by atoms with E-state index in [1.54, 1.807) is 55.4 Å². The molecule has 9 heteroatoms. The monoisotopic (exact) mass is 398 g/mol. The first kappa shape index (κ1) is 18.5. The summed E-state index contributed by atoms with van der Waals surface area (Å²) in [4.78, 5) is 39.2. The number of carbonyl (C=O) groups excluding carboxylic acids is 2. The van der Waals surface area contributed by atoms with Crippen molar-refractivity contribution < 1.29 is 9.59 Å². The Morgan fingerprint density at radius 3 is 2.54 bits per heavy atom. The third-order valence-electron chi connectivity index (χ3n) is 5.09. The van der Waals surface area contributed by atoms with Crippen molar-refractivity contribution in [2.45, 2.75) is 18.8 Å². The standard InChI is InChI=1S/C19H22N6O2S/c1-23(2)19(27)16-14(15-17(28-16)21-8-7-20-15)12-4-10-25(11-5-12)18(26)13-6-9-24(3)22-13/h6-9,12H,4-5,10-11H2,1-3H3. The molecule has 4 heterocycles. The summed E-state index contributed by atoms with van der Waals surface area (Å²) in [7, 11) is 5.31. The lowest BCUT2D eigenvalue weighted by atomic mass is 9.88. The van der Waals surface area contributed by atoms with E-state index < -0.39 is 0 Å². The highest BCUT2D eigenvalue weighted by Gasteiger charge is 2.31. The Morgan fingerprint density at radius 2 is 1.89 bits per heavy atom. The number of aromatic nitrogens is 4. The van der Waals surface area contributed by atoms with Gasteiger partial charge in [0.25, 0.3) is 11.8 Å². The number of fused-ring (bicyclic) bond motifs is 1. The molecule has 0 spiro atoms. The van der Waals surface area contributed by atoms with Gasteiger partial charge in [-0.3, -0.25) is 19.3 Å². The van der Waals surface area contributed by atoms with E-state index in [0.29, 0.717) is 23.7 Å². The summed E-state index contributed by atoms with van der Waals surface area (Å²) < 4.78 is 1.63. The normalized spacial score (nSPS) is 15.2. The van der Waals surface area contributed by atoms with Crippen molar-refractivity contribution in [3.8, 4) is 0 Å². The molecule has 0 bridgehead atoms. The predicted molar refractivity (Wildman–Crippen MR) is 107 cm³/mol. The quantitative estimate of drug-likeness (QED) is 0.675. The Bertz CT molecular complexity index is 1030. The Kier molecular flexibility index (Phi) is 4.84. The van der Waals surface area contributed by atoms with Gasteiger partial charge in [-0.1, -0.05) is 0 Å².